The smallest absolute Gasteiger partial charge is 0.263 e. The molecule has 3 aromatic heterocycles. The van der Waals surface area contributed by atoms with Gasteiger partial charge in [0.2, 0.25) is 0 Å². The molecule has 0 amide bonds. The number of fused-ring (bicyclic) bond motifs is 1. The van der Waals surface area contributed by atoms with Gasteiger partial charge in [-0.05, 0) is 34.1 Å². The SMILES string of the molecule is Cc1nc(NCCCc2nc(C)c(C)s2)c2c(C)noc2n1. The van der Waals surface area contributed by atoms with E-state index in [-0.39, 0.29) is 0 Å². The second-order valence-electron chi connectivity index (χ2n) is 5.35. The monoisotopic (exact) mass is 317 g/mol. The van der Waals surface area contributed by atoms with Crippen LogP contribution in [0.25, 0.3) is 11.1 Å². The molecule has 0 aliphatic carbocycles. The van der Waals surface area contributed by atoms with E-state index >= 15 is 0 Å². The average molecular weight is 317 g/mol. The number of nitrogens with zero attached hydrogens (tertiary/aromatic N) is 4. The Morgan fingerprint density at radius 1 is 1.05 bits per heavy atom. The van der Waals surface area contributed by atoms with Gasteiger partial charge in [0.25, 0.3) is 5.71 Å². The first kappa shape index (κ1) is 14.9. The molecule has 1 N–H and O–H groups in total. The molecule has 6 nitrogen and oxygen atoms in total. The minimum atomic E-state index is 0.540. The van der Waals surface area contributed by atoms with Crippen molar-refractivity contribution in [3.8, 4) is 0 Å². The lowest BCUT2D eigenvalue weighted by molar-refractivity contribution is 0.442. The number of anilines is 1. The molecule has 0 aromatic carbocycles. The molecule has 0 radical (unpaired) electrons. The molecule has 22 heavy (non-hydrogen) atoms. The first-order valence-electron chi connectivity index (χ1n) is 7.32. The number of nitrogens with one attached hydrogen (secondary N) is 1. The number of rotatable bonds is 5. The van der Waals surface area contributed by atoms with Crippen LogP contribution < -0.4 is 5.32 Å². The summed E-state index contributed by atoms with van der Waals surface area (Å²) in [6.45, 7) is 8.75. The summed E-state index contributed by atoms with van der Waals surface area (Å²) in [6.07, 6.45) is 1.98. The summed E-state index contributed by atoms with van der Waals surface area (Å²) in [6, 6.07) is 0. The Balaban J connectivity index is 1.65. The summed E-state index contributed by atoms with van der Waals surface area (Å²) in [5.74, 6) is 1.48. The van der Waals surface area contributed by atoms with Gasteiger partial charge in [0.05, 0.1) is 16.4 Å². The Labute approximate surface area is 133 Å². The Morgan fingerprint density at radius 3 is 2.59 bits per heavy atom. The van der Waals surface area contributed by atoms with Gasteiger partial charge in [0.15, 0.2) is 0 Å². The quantitative estimate of drug-likeness (QED) is 0.727. The fourth-order valence-electron chi connectivity index (χ4n) is 2.32. The lowest BCUT2D eigenvalue weighted by Crippen LogP contribution is -2.06. The first-order valence-corrected chi connectivity index (χ1v) is 8.13. The Bertz CT molecular complexity index is 788. The van der Waals surface area contributed by atoms with E-state index in [1.54, 1.807) is 11.3 Å². The second-order valence-corrected chi connectivity index (χ2v) is 6.63. The minimum absolute atomic E-state index is 0.540. The van der Waals surface area contributed by atoms with E-state index in [2.05, 4.69) is 39.3 Å². The molecule has 0 unspecified atom stereocenters. The molecule has 0 aliphatic rings. The summed E-state index contributed by atoms with van der Waals surface area (Å²) >= 11 is 1.78. The first-order chi connectivity index (χ1) is 10.5. The van der Waals surface area contributed by atoms with E-state index in [0.29, 0.717) is 11.5 Å². The molecule has 0 atom stereocenters. The highest BCUT2D eigenvalue weighted by Gasteiger charge is 2.13. The molecule has 0 saturated heterocycles. The van der Waals surface area contributed by atoms with E-state index in [1.165, 1.54) is 9.88 Å². The average Bonchev–Trinajstić information content (AvgIpc) is 2.98. The lowest BCUT2D eigenvalue weighted by Gasteiger charge is -2.06. The zero-order valence-corrected chi connectivity index (χ0v) is 14.0. The third-order valence-electron chi connectivity index (χ3n) is 3.55. The number of aryl methyl sites for hydroxylation is 5. The van der Waals surface area contributed by atoms with Crippen LogP contribution in [0.2, 0.25) is 0 Å². The fourth-order valence-corrected chi connectivity index (χ4v) is 3.29. The molecule has 0 saturated carbocycles. The van der Waals surface area contributed by atoms with Crippen LogP contribution in [0.4, 0.5) is 5.82 Å². The maximum atomic E-state index is 5.21. The number of thiazole rings is 1. The number of hydrogen-bond acceptors (Lipinski definition) is 7. The molecule has 0 bridgehead atoms. The molecule has 3 aromatic rings. The zero-order chi connectivity index (χ0) is 15.7. The number of aromatic nitrogens is 4. The molecule has 0 spiro atoms. The fraction of sp³-hybridized carbons (Fsp3) is 0.467. The van der Waals surface area contributed by atoms with E-state index in [4.69, 9.17) is 4.52 Å². The standard InChI is InChI=1S/C15H19N5OS/c1-8-10(3)22-12(17-8)6-5-7-16-14-13-9(2)20-21-15(13)19-11(4)18-14/h5-7H2,1-4H3,(H,16,18,19). The van der Waals surface area contributed by atoms with Crippen LogP contribution in [0.5, 0.6) is 0 Å². The van der Waals surface area contributed by atoms with Crippen LogP contribution in [0.15, 0.2) is 4.52 Å². The van der Waals surface area contributed by atoms with Gasteiger partial charge in [0, 0.05) is 17.8 Å². The van der Waals surface area contributed by atoms with Gasteiger partial charge in [0.1, 0.15) is 17.0 Å². The minimum Gasteiger partial charge on any atom is -0.369 e. The molecule has 3 rings (SSSR count). The predicted octanol–water partition coefficient (Wildman–Crippen LogP) is 3.35. The zero-order valence-electron chi connectivity index (χ0n) is 13.2. The van der Waals surface area contributed by atoms with Crippen molar-refractivity contribution in [2.45, 2.75) is 40.5 Å². The van der Waals surface area contributed by atoms with Crippen molar-refractivity contribution < 1.29 is 4.52 Å². The van der Waals surface area contributed by atoms with Crippen molar-refractivity contribution in [2.24, 2.45) is 0 Å². The van der Waals surface area contributed by atoms with Gasteiger partial charge in [-0.25, -0.2) is 9.97 Å². The topological polar surface area (TPSA) is 76.7 Å². The number of hydrogen-bond donors (Lipinski definition) is 1. The molecule has 0 aliphatic heterocycles. The van der Waals surface area contributed by atoms with E-state index in [1.807, 2.05) is 13.8 Å². The van der Waals surface area contributed by atoms with Gasteiger partial charge in [-0.3, -0.25) is 0 Å². The van der Waals surface area contributed by atoms with E-state index < -0.39 is 0 Å². The van der Waals surface area contributed by atoms with Crippen molar-refractivity contribution in [3.63, 3.8) is 0 Å². The van der Waals surface area contributed by atoms with Gasteiger partial charge in [-0.1, -0.05) is 5.16 Å². The maximum absolute atomic E-state index is 5.21. The predicted molar refractivity (Wildman–Crippen MR) is 87.5 cm³/mol. The van der Waals surface area contributed by atoms with Crippen LogP contribution in [-0.4, -0.2) is 26.7 Å². The van der Waals surface area contributed by atoms with Crippen LogP contribution >= 0.6 is 11.3 Å². The normalized spacial score (nSPS) is 11.3. The van der Waals surface area contributed by atoms with Crippen molar-refractivity contribution >= 4 is 28.3 Å². The van der Waals surface area contributed by atoms with Gasteiger partial charge in [-0.15, -0.1) is 11.3 Å². The van der Waals surface area contributed by atoms with Crippen molar-refractivity contribution in [1.82, 2.24) is 20.1 Å². The Kier molecular flexibility index (Phi) is 4.06. The third-order valence-corrected chi connectivity index (χ3v) is 4.68. The third kappa shape index (κ3) is 2.94. The molecule has 7 heteroatoms. The van der Waals surface area contributed by atoms with Crippen molar-refractivity contribution in [2.75, 3.05) is 11.9 Å². The van der Waals surface area contributed by atoms with Crippen LogP contribution in [-0.2, 0) is 6.42 Å². The van der Waals surface area contributed by atoms with Crippen molar-refractivity contribution in [1.29, 1.82) is 0 Å². The molecule has 116 valence electrons. The summed E-state index contributed by atoms with van der Waals surface area (Å²) in [5.41, 5.74) is 2.49. The van der Waals surface area contributed by atoms with E-state index in [9.17, 15) is 0 Å². The van der Waals surface area contributed by atoms with Crippen LogP contribution in [0.3, 0.4) is 0 Å². The van der Waals surface area contributed by atoms with Gasteiger partial charge < -0.3 is 9.84 Å². The van der Waals surface area contributed by atoms with Crippen LogP contribution in [0.1, 0.15) is 33.5 Å². The van der Waals surface area contributed by atoms with Gasteiger partial charge in [-0.2, -0.15) is 4.98 Å². The molecule has 3 heterocycles. The highest BCUT2D eigenvalue weighted by Crippen LogP contribution is 2.23. The Morgan fingerprint density at radius 2 is 1.86 bits per heavy atom. The molecular formula is C15H19N5OS. The summed E-state index contributed by atoms with van der Waals surface area (Å²) < 4.78 is 5.21. The Hall–Kier alpha value is -2.02. The highest BCUT2D eigenvalue weighted by atomic mass is 32.1. The molecular weight excluding hydrogens is 298 g/mol. The van der Waals surface area contributed by atoms with E-state index in [0.717, 1.165) is 42.0 Å². The van der Waals surface area contributed by atoms with Gasteiger partial charge >= 0.3 is 0 Å². The lowest BCUT2D eigenvalue weighted by atomic mass is 10.2. The second kappa shape index (κ2) is 6.00. The summed E-state index contributed by atoms with van der Waals surface area (Å²) in [7, 11) is 0. The van der Waals surface area contributed by atoms with Crippen molar-refractivity contribution in [3.05, 3.63) is 27.1 Å². The summed E-state index contributed by atoms with van der Waals surface area (Å²) in [4.78, 5) is 14.6. The largest absolute Gasteiger partial charge is 0.369 e. The molecule has 0 fully saturated rings. The maximum Gasteiger partial charge on any atom is 0.263 e. The highest BCUT2D eigenvalue weighted by molar-refractivity contribution is 7.11. The van der Waals surface area contributed by atoms with Crippen LogP contribution in [0, 0.1) is 27.7 Å². The summed E-state index contributed by atoms with van der Waals surface area (Å²) in [5, 5.41) is 9.40.